The summed E-state index contributed by atoms with van der Waals surface area (Å²) in [4.78, 5) is 16.3. The zero-order valence-corrected chi connectivity index (χ0v) is 13.8. The van der Waals surface area contributed by atoms with Crippen molar-refractivity contribution in [1.29, 1.82) is 5.26 Å². The summed E-state index contributed by atoms with van der Waals surface area (Å²) < 4.78 is 5.16. The molecule has 23 heavy (non-hydrogen) atoms. The van der Waals surface area contributed by atoms with E-state index in [1.807, 2.05) is 31.2 Å². The molecule has 0 aliphatic heterocycles. The first-order chi connectivity index (χ1) is 11.1. The molecule has 1 unspecified atom stereocenters. The van der Waals surface area contributed by atoms with E-state index in [9.17, 15) is 4.79 Å². The Morgan fingerprint density at radius 3 is 3.00 bits per heavy atom. The number of hydrogen-bond donors (Lipinski definition) is 1. The van der Waals surface area contributed by atoms with Gasteiger partial charge in [0.15, 0.2) is 0 Å². The van der Waals surface area contributed by atoms with Crippen LogP contribution < -0.4 is 10.1 Å². The smallest absolute Gasteiger partial charge is 0.233 e. The van der Waals surface area contributed by atoms with Gasteiger partial charge in [0, 0.05) is 12.7 Å². The van der Waals surface area contributed by atoms with Crippen LogP contribution in [-0.2, 0) is 11.3 Å². The Morgan fingerprint density at radius 1 is 1.43 bits per heavy atom. The fraction of sp³-hybridized carbons (Fsp3) is 0.235. The molecule has 0 aliphatic carbocycles. The molecule has 1 aromatic carbocycles. The van der Waals surface area contributed by atoms with E-state index < -0.39 is 0 Å². The summed E-state index contributed by atoms with van der Waals surface area (Å²) in [6.45, 7) is 2.25. The van der Waals surface area contributed by atoms with Crippen molar-refractivity contribution >= 4 is 17.7 Å². The van der Waals surface area contributed by atoms with Crippen molar-refractivity contribution in [1.82, 2.24) is 10.3 Å². The van der Waals surface area contributed by atoms with Gasteiger partial charge in [0.1, 0.15) is 5.75 Å². The third kappa shape index (κ3) is 5.01. The SMILES string of the molecule is COc1cccc(CNC(=O)C(C)Sc2cc(C#N)ccn2)c1. The van der Waals surface area contributed by atoms with Gasteiger partial charge in [-0.1, -0.05) is 23.9 Å². The zero-order chi connectivity index (χ0) is 16.7. The molecule has 0 saturated heterocycles. The predicted molar refractivity (Wildman–Crippen MR) is 89.1 cm³/mol. The number of benzene rings is 1. The number of ether oxygens (including phenoxy) is 1. The van der Waals surface area contributed by atoms with Gasteiger partial charge in [-0.3, -0.25) is 4.79 Å². The normalized spacial score (nSPS) is 11.3. The molecular formula is C17H17N3O2S. The van der Waals surface area contributed by atoms with Gasteiger partial charge < -0.3 is 10.1 Å². The summed E-state index contributed by atoms with van der Waals surface area (Å²) in [5, 5.41) is 12.1. The number of thioether (sulfide) groups is 1. The second-order valence-corrected chi connectivity index (χ2v) is 6.19. The quantitative estimate of drug-likeness (QED) is 0.826. The van der Waals surface area contributed by atoms with Crippen LogP contribution in [0.3, 0.4) is 0 Å². The molecule has 118 valence electrons. The van der Waals surface area contributed by atoms with Crippen molar-refractivity contribution in [2.45, 2.75) is 23.7 Å². The second-order valence-electron chi connectivity index (χ2n) is 4.82. The van der Waals surface area contributed by atoms with Crippen LogP contribution in [0.5, 0.6) is 5.75 Å². The highest BCUT2D eigenvalue weighted by molar-refractivity contribution is 8.00. The number of pyridine rings is 1. The first-order valence-electron chi connectivity index (χ1n) is 7.06. The Kier molecular flexibility index (Phi) is 6.01. The van der Waals surface area contributed by atoms with E-state index in [4.69, 9.17) is 10.00 Å². The summed E-state index contributed by atoms with van der Waals surface area (Å²) in [6.07, 6.45) is 1.57. The van der Waals surface area contributed by atoms with Crippen LogP contribution in [0.25, 0.3) is 0 Å². The van der Waals surface area contributed by atoms with Crippen LogP contribution >= 0.6 is 11.8 Å². The summed E-state index contributed by atoms with van der Waals surface area (Å²) >= 11 is 1.33. The summed E-state index contributed by atoms with van der Waals surface area (Å²) in [5.41, 5.74) is 1.51. The van der Waals surface area contributed by atoms with Gasteiger partial charge in [0.25, 0.3) is 0 Å². The Bertz CT molecular complexity index is 728. The number of aromatic nitrogens is 1. The number of rotatable bonds is 6. The molecule has 1 N–H and O–H groups in total. The Balaban J connectivity index is 1.90. The van der Waals surface area contributed by atoms with Gasteiger partial charge >= 0.3 is 0 Å². The van der Waals surface area contributed by atoms with Crippen LogP contribution in [0.2, 0.25) is 0 Å². The Morgan fingerprint density at radius 2 is 2.26 bits per heavy atom. The van der Waals surface area contributed by atoms with Crippen LogP contribution in [0.15, 0.2) is 47.6 Å². The van der Waals surface area contributed by atoms with Gasteiger partial charge in [-0.15, -0.1) is 0 Å². The van der Waals surface area contributed by atoms with E-state index in [0.29, 0.717) is 17.1 Å². The van der Waals surface area contributed by atoms with Crippen molar-refractivity contribution in [3.8, 4) is 11.8 Å². The number of carbonyl (C=O) groups excluding carboxylic acids is 1. The van der Waals surface area contributed by atoms with Crippen LogP contribution in [0.4, 0.5) is 0 Å². The zero-order valence-electron chi connectivity index (χ0n) is 12.9. The minimum Gasteiger partial charge on any atom is -0.497 e. The van der Waals surface area contributed by atoms with Crippen LogP contribution in [-0.4, -0.2) is 23.3 Å². The first-order valence-corrected chi connectivity index (χ1v) is 7.94. The Hall–Kier alpha value is -2.52. The number of nitriles is 1. The van der Waals surface area contributed by atoms with Crippen molar-refractivity contribution < 1.29 is 9.53 Å². The summed E-state index contributed by atoms with van der Waals surface area (Å²) in [6, 6.07) is 12.9. The van der Waals surface area contributed by atoms with E-state index in [2.05, 4.69) is 16.4 Å². The van der Waals surface area contributed by atoms with Gasteiger partial charge in [-0.2, -0.15) is 5.26 Å². The first kappa shape index (κ1) is 16.8. The molecular weight excluding hydrogens is 310 g/mol. The lowest BCUT2D eigenvalue weighted by Crippen LogP contribution is -2.30. The fourth-order valence-electron chi connectivity index (χ4n) is 1.89. The molecule has 0 saturated carbocycles. The molecule has 0 aliphatic rings. The molecule has 2 rings (SSSR count). The molecule has 0 spiro atoms. The summed E-state index contributed by atoms with van der Waals surface area (Å²) in [7, 11) is 1.61. The van der Waals surface area contributed by atoms with E-state index >= 15 is 0 Å². The number of carbonyl (C=O) groups is 1. The van der Waals surface area contributed by atoms with E-state index in [-0.39, 0.29) is 11.2 Å². The van der Waals surface area contributed by atoms with E-state index in [0.717, 1.165) is 11.3 Å². The maximum Gasteiger partial charge on any atom is 0.233 e. The molecule has 0 fully saturated rings. The third-order valence-corrected chi connectivity index (χ3v) is 4.16. The van der Waals surface area contributed by atoms with Crippen molar-refractivity contribution in [3.05, 3.63) is 53.7 Å². The predicted octanol–water partition coefficient (Wildman–Crippen LogP) is 2.76. The molecule has 1 atom stereocenters. The minimum absolute atomic E-state index is 0.0815. The van der Waals surface area contributed by atoms with E-state index in [1.165, 1.54) is 11.8 Å². The van der Waals surface area contributed by atoms with Crippen LogP contribution in [0, 0.1) is 11.3 Å². The molecule has 0 radical (unpaired) electrons. The largest absolute Gasteiger partial charge is 0.497 e. The lowest BCUT2D eigenvalue weighted by atomic mass is 10.2. The molecule has 1 aromatic heterocycles. The molecule has 5 nitrogen and oxygen atoms in total. The fourth-order valence-corrected chi connectivity index (χ4v) is 2.76. The molecule has 1 heterocycles. The van der Waals surface area contributed by atoms with Gasteiger partial charge in [-0.25, -0.2) is 4.98 Å². The van der Waals surface area contributed by atoms with Crippen molar-refractivity contribution in [2.24, 2.45) is 0 Å². The highest BCUT2D eigenvalue weighted by Gasteiger charge is 2.15. The lowest BCUT2D eigenvalue weighted by molar-refractivity contribution is -0.120. The number of methoxy groups -OCH3 is 1. The van der Waals surface area contributed by atoms with Gasteiger partial charge in [0.05, 0.1) is 29.0 Å². The minimum atomic E-state index is -0.304. The second kappa shape index (κ2) is 8.20. The maximum atomic E-state index is 12.2. The molecule has 1 amide bonds. The maximum absolute atomic E-state index is 12.2. The van der Waals surface area contributed by atoms with Crippen molar-refractivity contribution in [2.75, 3.05) is 7.11 Å². The monoisotopic (exact) mass is 327 g/mol. The lowest BCUT2D eigenvalue weighted by Gasteiger charge is -2.12. The average Bonchev–Trinajstić information content (AvgIpc) is 2.59. The number of amides is 1. The average molecular weight is 327 g/mol. The number of nitrogens with one attached hydrogen (secondary N) is 1. The standard InChI is InChI=1S/C17H17N3O2S/c1-12(23-16-9-13(10-18)6-7-19-16)17(21)20-11-14-4-3-5-15(8-14)22-2/h3-9,12H,11H2,1-2H3,(H,20,21). The third-order valence-electron chi connectivity index (χ3n) is 3.13. The van der Waals surface area contributed by atoms with Gasteiger partial charge in [0.2, 0.25) is 5.91 Å². The van der Waals surface area contributed by atoms with E-state index in [1.54, 1.807) is 25.4 Å². The molecule has 0 bridgehead atoms. The summed E-state index contributed by atoms with van der Waals surface area (Å²) in [5.74, 6) is 0.679. The molecule has 6 heteroatoms. The van der Waals surface area contributed by atoms with Crippen LogP contribution in [0.1, 0.15) is 18.1 Å². The topological polar surface area (TPSA) is 75.0 Å². The Labute approximate surface area is 139 Å². The van der Waals surface area contributed by atoms with Crippen molar-refractivity contribution in [3.63, 3.8) is 0 Å². The molecule has 2 aromatic rings. The highest BCUT2D eigenvalue weighted by atomic mass is 32.2. The number of nitrogens with zero attached hydrogens (tertiary/aromatic N) is 2. The number of hydrogen-bond acceptors (Lipinski definition) is 5. The van der Waals surface area contributed by atoms with Gasteiger partial charge in [-0.05, 0) is 36.8 Å². The highest BCUT2D eigenvalue weighted by Crippen LogP contribution is 2.22.